The van der Waals surface area contributed by atoms with Crippen molar-refractivity contribution >= 4 is 21.4 Å². The molecule has 1 aromatic rings. The lowest BCUT2D eigenvalue weighted by Gasteiger charge is -2.12. The summed E-state index contributed by atoms with van der Waals surface area (Å²) in [6.45, 7) is 2.35. The van der Waals surface area contributed by atoms with E-state index in [1.54, 1.807) is 0 Å². The van der Waals surface area contributed by atoms with Crippen molar-refractivity contribution in [3.63, 3.8) is 0 Å². The predicted octanol–water partition coefficient (Wildman–Crippen LogP) is 1.26. The zero-order chi connectivity index (χ0) is 14.3. The Morgan fingerprint density at radius 1 is 1.47 bits per heavy atom. The largest absolute Gasteiger partial charge is 0.397 e. The molecule has 104 valence electrons. The summed E-state index contributed by atoms with van der Waals surface area (Å²) in [4.78, 5) is 9.82. The number of anilines is 1. The maximum atomic E-state index is 12.0. The quantitative estimate of drug-likeness (QED) is 0.480. The highest BCUT2D eigenvalue weighted by Crippen LogP contribution is 2.44. The second-order valence-electron chi connectivity index (χ2n) is 5.11. The first-order valence-electron chi connectivity index (χ1n) is 5.77. The van der Waals surface area contributed by atoms with E-state index in [1.807, 2.05) is 6.92 Å². The molecule has 1 aliphatic rings. The van der Waals surface area contributed by atoms with Crippen LogP contribution in [0.5, 0.6) is 0 Å². The third-order valence-corrected chi connectivity index (χ3v) is 4.76. The third kappa shape index (κ3) is 3.02. The lowest BCUT2D eigenvalue weighted by molar-refractivity contribution is -0.384. The molecule has 3 N–H and O–H groups in total. The SMILES string of the molecule is CC1(CNS(=O)(=O)c2ccc([N+](=O)[O-])cc2N)CC1. The standard InChI is InChI=1S/C11H15N3O4S/c1-11(4-5-11)7-13-19(17,18)10-3-2-8(14(15)16)6-9(10)12/h2-3,6,13H,4-5,7,12H2,1H3. The molecule has 1 fully saturated rings. The lowest BCUT2D eigenvalue weighted by atomic mass is 10.2. The Hall–Kier alpha value is -1.67. The fourth-order valence-electron chi connectivity index (χ4n) is 1.63. The number of nitrogen functional groups attached to an aromatic ring is 1. The Morgan fingerprint density at radius 3 is 2.58 bits per heavy atom. The van der Waals surface area contributed by atoms with E-state index < -0.39 is 14.9 Å². The van der Waals surface area contributed by atoms with Gasteiger partial charge in [0.1, 0.15) is 4.90 Å². The molecule has 0 unspecified atom stereocenters. The highest BCUT2D eigenvalue weighted by Gasteiger charge is 2.38. The molecule has 8 heteroatoms. The highest BCUT2D eigenvalue weighted by molar-refractivity contribution is 7.89. The third-order valence-electron chi connectivity index (χ3n) is 3.29. The number of nitrogens with two attached hydrogens (primary N) is 1. The molecule has 0 bridgehead atoms. The highest BCUT2D eigenvalue weighted by atomic mass is 32.2. The zero-order valence-corrected chi connectivity index (χ0v) is 11.2. The van der Waals surface area contributed by atoms with Crippen LogP contribution in [0, 0.1) is 15.5 Å². The molecule has 1 aliphatic carbocycles. The summed E-state index contributed by atoms with van der Waals surface area (Å²) in [6.07, 6.45) is 1.98. The van der Waals surface area contributed by atoms with Crippen molar-refractivity contribution in [1.29, 1.82) is 0 Å². The van der Waals surface area contributed by atoms with Gasteiger partial charge in [0.05, 0.1) is 10.6 Å². The first-order valence-corrected chi connectivity index (χ1v) is 7.25. The molecule has 0 saturated heterocycles. The molecule has 0 spiro atoms. The van der Waals surface area contributed by atoms with Gasteiger partial charge in [-0.25, -0.2) is 13.1 Å². The maximum Gasteiger partial charge on any atom is 0.271 e. The number of hydrogen-bond acceptors (Lipinski definition) is 5. The summed E-state index contributed by atoms with van der Waals surface area (Å²) in [6, 6.07) is 3.34. The molecule has 1 aromatic carbocycles. The van der Waals surface area contributed by atoms with E-state index in [0.717, 1.165) is 31.0 Å². The van der Waals surface area contributed by atoms with E-state index in [9.17, 15) is 18.5 Å². The fraction of sp³-hybridized carbons (Fsp3) is 0.455. The lowest BCUT2D eigenvalue weighted by Crippen LogP contribution is -2.29. The van der Waals surface area contributed by atoms with E-state index in [4.69, 9.17) is 5.73 Å². The molecular weight excluding hydrogens is 270 g/mol. The number of non-ortho nitro benzene ring substituents is 1. The van der Waals surface area contributed by atoms with E-state index in [2.05, 4.69) is 4.72 Å². The summed E-state index contributed by atoms with van der Waals surface area (Å²) < 4.78 is 26.6. The summed E-state index contributed by atoms with van der Waals surface area (Å²) >= 11 is 0. The molecule has 7 nitrogen and oxygen atoms in total. The Morgan fingerprint density at radius 2 is 2.11 bits per heavy atom. The molecule has 19 heavy (non-hydrogen) atoms. The number of nitro benzene ring substituents is 1. The van der Waals surface area contributed by atoms with Crippen molar-refractivity contribution in [2.24, 2.45) is 5.41 Å². The molecule has 0 atom stereocenters. The van der Waals surface area contributed by atoms with Crippen LogP contribution >= 0.6 is 0 Å². The second kappa shape index (κ2) is 4.46. The number of nitro groups is 1. The van der Waals surface area contributed by atoms with Gasteiger partial charge in [0.15, 0.2) is 0 Å². The van der Waals surface area contributed by atoms with Crippen LogP contribution in [0.25, 0.3) is 0 Å². The first-order chi connectivity index (χ1) is 8.73. The van der Waals surface area contributed by atoms with Crippen molar-refractivity contribution in [3.8, 4) is 0 Å². The van der Waals surface area contributed by atoms with E-state index in [0.29, 0.717) is 6.54 Å². The molecular formula is C11H15N3O4S. The van der Waals surface area contributed by atoms with Crippen molar-refractivity contribution in [2.45, 2.75) is 24.7 Å². The Balaban J connectivity index is 2.22. The average molecular weight is 285 g/mol. The predicted molar refractivity (Wildman–Crippen MR) is 70.0 cm³/mol. The smallest absolute Gasteiger partial charge is 0.271 e. The van der Waals surface area contributed by atoms with E-state index in [-0.39, 0.29) is 21.7 Å². The minimum Gasteiger partial charge on any atom is -0.397 e. The van der Waals surface area contributed by atoms with Gasteiger partial charge in [0, 0.05) is 18.7 Å². The van der Waals surface area contributed by atoms with Gasteiger partial charge in [-0.2, -0.15) is 0 Å². The molecule has 1 saturated carbocycles. The molecule has 2 rings (SSSR count). The molecule has 0 aromatic heterocycles. The topological polar surface area (TPSA) is 115 Å². The van der Waals surface area contributed by atoms with Crippen LogP contribution in [0.2, 0.25) is 0 Å². The number of benzene rings is 1. The van der Waals surface area contributed by atoms with Crippen LogP contribution in [0.4, 0.5) is 11.4 Å². The number of rotatable bonds is 5. The van der Waals surface area contributed by atoms with Crippen LogP contribution in [-0.4, -0.2) is 19.9 Å². The number of nitrogens with one attached hydrogen (secondary N) is 1. The van der Waals surface area contributed by atoms with Crippen LogP contribution in [-0.2, 0) is 10.0 Å². The Bertz CT molecular complexity index is 623. The van der Waals surface area contributed by atoms with Crippen LogP contribution in [0.15, 0.2) is 23.1 Å². The average Bonchev–Trinajstić information content (AvgIpc) is 3.05. The second-order valence-corrected chi connectivity index (χ2v) is 6.85. The zero-order valence-electron chi connectivity index (χ0n) is 10.4. The minimum atomic E-state index is -3.72. The van der Waals surface area contributed by atoms with Crippen molar-refractivity contribution in [3.05, 3.63) is 28.3 Å². The van der Waals surface area contributed by atoms with Gasteiger partial charge in [-0.1, -0.05) is 6.92 Å². The van der Waals surface area contributed by atoms with Crippen molar-refractivity contribution < 1.29 is 13.3 Å². The van der Waals surface area contributed by atoms with Gasteiger partial charge in [0.2, 0.25) is 10.0 Å². The summed E-state index contributed by atoms with van der Waals surface area (Å²) in [5, 5.41) is 10.6. The first kappa shape index (κ1) is 13.8. The van der Waals surface area contributed by atoms with Gasteiger partial charge >= 0.3 is 0 Å². The monoisotopic (exact) mass is 285 g/mol. The van der Waals surface area contributed by atoms with Gasteiger partial charge < -0.3 is 5.73 Å². The number of nitrogens with zero attached hydrogens (tertiary/aromatic N) is 1. The Kier molecular flexibility index (Phi) is 3.23. The summed E-state index contributed by atoms with van der Waals surface area (Å²) in [5.74, 6) is 0. The molecule has 0 heterocycles. The van der Waals surface area contributed by atoms with Gasteiger partial charge in [-0.15, -0.1) is 0 Å². The van der Waals surface area contributed by atoms with Crippen molar-refractivity contribution in [2.75, 3.05) is 12.3 Å². The van der Waals surface area contributed by atoms with Crippen LogP contribution in [0.3, 0.4) is 0 Å². The number of sulfonamides is 1. The molecule has 0 amide bonds. The summed E-state index contributed by atoms with van der Waals surface area (Å²) in [5.41, 5.74) is 5.25. The van der Waals surface area contributed by atoms with Crippen LogP contribution < -0.4 is 10.5 Å². The Labute approximate surface area is 111 Å². The maximum absolute atomic E-state index is 12.0. The normalized spacial score (nSPS) is 17.1. The summed E-state index contributed by atoms with van der Waals surface area (Å²) in [7, 11) is -3.72. The van der Waals surface area contributed by atoms with Crippen molar-refractivity contribution in [1.82, 2.24) is 4.72 Å². The van der Waals surface area contributed by atoms with Gasteiger partial charge in [0.25, 0.3) is 5.69 Å². The number of hydrogen-bond donors (Lipinski definition) is 2. The molecule has 0 aliphatic heterocycles. The molecule has 0 radical (unpaired) electrons. The van der Waals surface area contributed by atoms with Gasteiger partial charge in [-0.3, -0.25) is 10.1 Å². The minimum absolute atomic E-state index is 0.0304. The fourth-order valence-corrected chi connectivity index (χ4v) is 2.94. The van der Waals surface area contributed by atoms with E-state index in [1.165, 1.54) is 0 Å². The van der Waals surface area contributed by atoms with Crippen LogP contribution in [0.1, 0.15) is 19.8 Å². The van der Waals surface area contributed by atoms with E-state index >= 15 is 0 Å². The van der Waals surface area contributed by atoms with Gasteiger partial charge in [-0.05, 0) is 24.3 Å².